The molecule has 228 valence electrons. The van der Waals surface area contributed by atoms with Gasteiger partial charge in [-0.2, -0.15) is 0 Å². The molecule has 4 N–H and O–H groups in total. The highest BCUT2D eigenvalue weighted by atomic mass is 32.2. The molecule has 4 bridgehead atoms. The zero-order valence-corrected chi connectivity index (χ0v) is 25.4. The van der Waals surface area contributed by atoms with E-state index in [0.717, 1.165) is 59.5 Å². The number of carbonyl (C=O) groups is 3. The van der Waals surface area contributed by atoms with E-state index in [1.165, 1.54) is 18.2 Å². The first-order valence-electron chi connectivity index (χ1n) is 15.4. The Bertz CT molecular complexity index is 1430. The molecular weight excluding hydrogens is 562 g/mol. The summed E-state index contributed by atoms with van der Waals surface area (Å²) in [5, 5.41) is 16.4. The number of aliphatic carboxylic acids is 1. The second kappa shape index (κ2) is 12.6. The third-order valence-corrected chi connectivity index (χ3v) is 10.8. The highest BCUT2D eigenvalue weighted by Crippen LogP contribution is 2.54. The topological polar surface area (TPSA) is 121 Å². The lowest BCUT2D eigenvalue weighted by Crippen LogP contribution is -2.61. The van der Waals surface area contributed by atoms with Crippen LogP contribution >= 0.6 is 11.8 Å². The van der Waals surface area contributed by atoms with Gasteiger partial charge in [-0.15, -0.1) is 11.8 Å². The van der Waals surface area contributed by atoms with Gasteiger partial charge in [0.15, 0.2) is 0 Å². The van der Waals surface area contributed by atoms with Gasteiger partial charge in [-0.05, 0) is 86.3 Å². The summed E-state index contributed by atoms with van der Waals surface area (Å²) in [5.41, 5.74) is 1.61. The number of hydrogen-bond acceptors (Lipinski definition) is 5. The third-order valence-electron chi connectivity index (χ3n) is 9.69. The molecule has 4 aliphatic carbocycles. The van der Waals surface area contributed by atoms with Gasteiger partial charge >= 0.3 is 12.1 Å². The number of ether oxygens (including phenoxy) is 1. The zero-order valence-electron chi connectivity index (χ0n) is 24.6. The number of hydrogen-bond donors (Lipinski definition) is 4. The number of para-hydroxylation sites is 1. The molecule has 0 aliphatic heterocycles. The second-order valence-electron chi connectivity index (χ2n) is 13.1. The Kier molecular flexibility index (Phi) is 8.71. The van der Waals surface area contributed by atoms with Crippen molar-refractivity contribution in [2.24, 2.45) is 23.7 Å². The van der Waals surface area contributed by atoms with Crippen LogP contribution in [0.4, 0.5) is 4.79 Å². The molecule has 2 aromatic carbocycles. The van der Waals surface area contributed by atoms with Crippen LogP contribution in [-0.2, 0) is 27.2 Å². The largest absolute Gasteiger partial charge is 0.481 e. The summed E-state index contributed by atoms with van der Waals surface area (Å²) in [5.74, 6) is 1.52. The molecule has 0 saturated heterocycles. The highest BCUT2D eigenvalue weighted by Gasteiger charge is 2.50. The van der Waals surface area contributed by atoms with Crippen molar-refractivity contribution in [2.45, 2.75) is 69.6 Å². The van der Waals surface area contributed by atoms with Gasteiger partial charge < -0.3 is 25.5 Å². The first kappa shape index (κ1) is 29.6. The number of thioether (sulfide) groups is 1. The van der Waals surface area contributed by atoms with Crippen molar-refractivity contribution in [1.29, 1.82) is 0 Å². The Morgan fingerprint density at radius 3 is 2.37 bits per heavy atom. The van der Waals surface area contributed by atoms with Crippen LogP contribution in [0.15, 0.2) is 60.8 Å². The van der Waals surface area contributed by atoms with Crippen LogP contribution in [0.3, 0.4) is 0 Å². The Morgan fingerprint density at radius 1 is 1.00 bits per heavy atom. The standard InChI is InChI=1S/C34H41N3O5S/c1-34(17-26-18-35-29-10-6-5-9-28(26)29,37-33(41)42-31-24-12-22-11-23(14-24)15-25(31)13-22)32(40)36-27(19-43-20-30(38)39)16-21-7-3-2-4-8-21/h2-10,18,22-25,27,31,35H,11-17,19-20H2,1H3,(H,36,40)(H,37,41)(H,38,39). The average molecular weight is 604 g/mol. The summed E-state index contributed by atoms with van der Waals surface area (Å²) < 4.78 is 6.16. The molecule has 43 heavy (non-hydrogen) atoms. The fourth-order valence-corrected chi connectivity index (χ4v) is 8.75. The number of amides is 2. The fraction of sp³-hybridized carbons (Fsp3) is 0.500. The van der Waals surface area contributed by atoms with E-state index in [1.807, 2.05) is 60.8 Å². The first-order chi connectivity index (χ1) is 20.8. The summed E-state index contributed by atoms with van der Waals surface area (Å²) in [4.78, 5) is 42.3. The van der Waals surface area contributed by atoms with E-state index < -0.39 is 17.6 Å². The molecule has 0 radical (unpaired) electrons. The maximum atomic E-state index is 14.2. The minimum atomic E-state index is -1.31. The van der Waals surface area contributed by atoms with Gasteiger partial charge in [0, 0.05) is 35.3 Å². The molecular formula is C34H41N3O5S. The number of alkyl carbamates (subject to hydrolysis) is 1. The Morgan fingerprint density at radius 2 is 1.67 bits per heavy atom. The Balaban J connectivity index is 1.21. The average Bonchev–Trinajstić information content (AvgIpc) is 3.37. The molecule has 7 rings (SSSR count). The molecule has 0 spiro atoms. The third kappa shape index (κ3) is 6.87. The van der Waals surface area contributed by atoms with E-state index in [2.05, 4.69) is 15.6 Å². The summed E-state index contributed by atoms with van der Waals surface area (Å²) >= 11 is 1.27. The number of carboxylic acid groups (broad SMARTS) is 1. The number of fused-ring (bicyclic) bond motifs is 1. The van der Waals surface area contributed by atoms with Gasteiger partial charge in [0.1, 0.15) is 11.6 Å². The van der Waals surface area contributed by atoms with E-state index in [4.69, 9.17) is 4.74 Å². The van der Waals surface area contributed by atoms with Crippen LogP contribution in [0.2, 0.25) is 0 Å². The van der Waals surface area contributed by atoms with Crippen molar-refractivity contribution in [3.05, 3.63) is 71.9 Å². The maximum Gasteiger partial charge on any atom is 0.408 e. The lowest BCUT2D eigenvalue weighted by atomic mass is 9.55. The van der Waals surface area contributed by atoms with Crippen molar-refractivity contribution < 1.29 is 24.2 Å². The minimum absolute atomic E-state index is 0.0518. The van der Waals surface area contributed by atoms with Gasteiger partial charge in [-0.3, -0.25) is 9.59 Å². The quantitative estimate of drug-likeness (QED) is 0.215. The lowest BCUT2D eigenvalue weighted by molar-refractivity contribution is -0.134. The van der Waals surface area contributed by atoms with Crippen LogP contribution in [0.25, 0.3) is 10.9 Å². The molecule has 4 aliphatic rings. The van der Waals surface area contributed by atoms with Crippen LogP contribution < -0.4 is 10.6 Å². The Labute approximate surface area is 256 Å². The van der Waals surface area contributed by atoms with Gasteiger partial charge in [0.25, 0.3) is 0 Å². The number of rotatable bonds is 12. The van der Waals surface area contributed by atoms with Gasteiger partial charge in [-0.25, -0.2) is 4.79 Å². The minimum Gasteiger partial charge on any atom is -0.481 e. The van der Waals surface area contributed by atoms with E-state index in [9.17, 15) is 19.5 Å². The number of aromatic nitrogens is 1. The monoisotopic (exact) mass is 603 g/mol. The van der Waals surface area contributed by atoms with Crippen LogP contribution in [0.5, 0.6) is 0 Å². The number of H-pyrrole nitrogens is 1. The molecule has 8 nitrogen and oxygen atoms in total. The first-order valence-corrected chi connectivity index (χ1v) is 16.6. The number of carbonyl (C=O) groups excluding carboxylic acids is 2. The number of benzene rings is 2. The molecule has 4 saturated carbocycles. The zero-order chi connectivity index (χ0) is 30.0. The second-order valence-corrected chi connectivity index (χ2v) is 14.1. The maximum absolute atomic E-state index is 14.2. The molecule has 2 amide bonds. The van der Waals surface area contributed by atoms with Crippen LogP contribution in [0.1, 0.15) is 50.2 Å². The van der Waals surface area contributed by atoms with Crippen molar-refractivity contribution in [3.8, 4) is 0 Å². The molecule has 3 aromatic rings. The smallest absolute Gasteiger partial charge is 0.408 e. The lowest BCUT2D eigenvalue weighted by Gasteiger charge is -2.53. The van der Waals surface area contributed by atoms with E-state index >= 15 is 0 Å². The summed E-state index contributed by atoms with van der Waals surface area (Å²) in [7, 11) is 0. The van der Waals surface area contributed by atoms with E-state index in [-0.39, 0.29) is 30.2 Å². The summed E-state index contributed by atoms with van der Waals surface area (Å²) in [6.45, 7) is 1.76. The predicted molar refractivity (Wildman–Crippen MR) is 168 cm³/mol. The van der Waals surface area contributed by atoms with Crippen LogP contribution in [0, 0.1) is 23.7 Å². The van der Waals surface area contributed by atoms with Gasteiger partial charge in [-0.1, -0.05) is 48.5 Å². The Hall–Kier alpha value is -3.46. The normalized spacial score (nSPS) is 26.0. The number of nitrogens with one attached hydrogen (secondary N) is 3. The molecule has 1 heterocycles. The summed E-state index contributed by atoms with van der Waals surface area (Å²) in [6.07, 6.45) is 7.91. The predicted octanol–water partition coefficient (Wildman–Crippen LogP) is 5.57. The fourth-order valence-electron chi connectivity index (χ4n) is 7.97. The summed E-state index contributed by atoms with van der Waals surface area (Å²) in [6, 6.07) is 17.4. The van der Waals surface area contributed by atoms with E-state index in [1.54, 1.807) is 6.92 Å². The molecule has 1 aromatic heterocycles. The number of carboxylic acids is 1. The van der Waals surface area contributed by atoms with Gasteiger partial charge in [0.2, 0.25) is 5.91 Å². The van der Waals surface area contributed by atoms with Crippen molar-refractivity contribution in [3.63, 3.8) is 0 Å². The van der Waals surface area contributed by atoms with E-state index in [0.29, 0.717) is 24.0 Å². The van der Waals surface area contributed by atoms with Crippen molar-refractivity contribution in [1.82, 2.24) is 15.6 Å². The SMILES string of the molecule is CC(Cc1c[nH]c2ccccc12)(NC(=O)OC1C2CC3CC(C2)CC1C3)C(=O)NC(CSCC(=O)O)Cc1ccccc1. The van der Waals surface area contributed by atoms with Gasteiger partial charge in [0.05, 0.1) is 5.75 Å². The number of aromatic amines is 1. The van der Waals surface area contributed by atoms with Crippen molar-refractivity contribution >= 4 is 40.6 Å². The van der Waals surface area contributed by atoms with Crippen molar-refractivity contribution in [2.75, 3.05) is 11.5 Å². The van der Waals surface area contributed by atoms with Crippen LogP contribution in [-0.4, -0.2) is 57.3 Å². The highest BCUT2D eigenvalue weighted by molar-refractivity contribution is 7.99. The molecule has 9 heteroatoms. The molecule has 2 unspecified atom stereocenters. The molecule has 4 fully saturated rings. The molecule has 2 atom stereocenters.